The summed E-state index contributed by atoms with van der Waals surface area (Å²) in [5.74, 6) is -12.7. The monoisotopic (exact) mass is 328 g/mol. The van der Waals surface area contributed by atoms with E-state index in [0.29, 0.717) is 0 Å². The lowest BCUT2D eigenvalue weighted by Crippen LogP contribution is -2.62. The predicted molar refractivity (Wildman–Crippen MR) is 63.2 cm³/mol. The third-order valence-corrected chi connectivity index (χ3v) is 3.67. The van der Waals surface area contributed by atoms with Gasteiger partial charge < -0.3 is 0 Å². The van der Waals surface area contributed by atoms with E-state index in [1.165, 1.54) is 0 Å². The van der Waals surface area contributed by atoms with Crippen molar-refractivity contribution in [1.82, 2.24) is 0 Å². The van der Waals surface area contributed by atoms with Crippen LogP contribution in [0.4, 0.5) is 35.1 Å². The van der Waals surface area contributed by atoms with Crippen molar-refractivity contribution < 1.29 is 35.1 Å². The van der Waals surface area contributed by atoms with E-state index in [2.05, 4.69) is 0 Å². The molecule has 21 heavy (non-hydrogen) atoms. The van der Waals surface area contributed by atoms with Crippen molar-refractivity contribution in [3.63, 3.8) is 0 Å². The Balaban J connectivity index is 6.40. The van der Waals surface area contributed by atoms with E-state index in [1.54, 1.807) is 0 Å². The molecule has 0 aliphatic carbocycles. The van der Waals surface area contributed by atoms with Crippen LogP contribution >= 0.6 is 0 Å². The Morgan fingerprint density at radius 1 is 0.667 bits per heavy atom. The summed E-state index contributed by atoms with van der Waals surface area (Å²) in [7, 11) is 0. The van der Waals surface area contributed by atoms with Crippen LogP contribution in [-0.4, -0.2) is 24.2 Å². The van der Waals surface area contributed by atoms with Gasteiger partial charge in [0.2, 0.25) is 0 Å². The molecule has 0 aliphatic heterocycles. The lowest BCUT2D eigenvalue weighted by molar-refractivity contribution is -0.320. The Kier molecular flexibility index (Phi) is 5.12. The second kappa shape index (κ2) is 5.26. The van der Waals surface area contributed by atoms with Crippen LogP contribution in [0.5, 0.6) is 0 Å². The summed E-state index contributed by atoms with van der Waals surface area (Å²) in [6, 6.07) is 0. The fourth-order valence-corrected chi connectivity index (χ4v) is 2.68. The zero-order chi connectivity index (χ0) is 17.7. The smallest absolute Gasteiger partial charge is 0.246 e. The summed E-state index contributed by atoms with van der Waals surface area (Å²) >= 11 is 0. The molecule has 3 atom stereocenters. The largest absolute Gasteiger partial charge is 0.398 e. The Bertz CT molecular complexity index is 340. The average molecular weight is 328 g/mol. The van der Waals surface area contributed by atoms with E-state index in [1.807, 2.05) is 0 Å². The predicted octanol–water partition coefficient (Wildman–Crippen LogP) is 5.87. The molecular weight excluding hydrogens is 308 g/mol. The molecule has 0 amide bonds. The van der Waals surface area contributed by atoms with Crippen LogP contribution in [0, 0.1) is 16.7 Å². The molecule has 0 nitrogen and oxygen atoms in total. The molecule has 8 heteroatoms. The van der Waals surface area contributed by atoms with Crippen molar-refractivity contribution in [2.75, 3.05) is 0 Å². The van der Waals surface area contributed by atoms with Gasteiger partial charge in [-0.2, -0.15) is 13.2 Å². The van der Waals surface area contributed by atoms with Crippen LogP contribution in [0.25, 0.3) is 0 Å². The topological polar surface area (TPSA) is 0 Å². The standard InChI is InChI=1S/C13H20F8/c1-9(2,3)8(14)10(4,12(6,17)18)7(11(5,15)16)13(19,20)21/h7-8H,1-6H3. The number of halogens is 8. The molecule has 0 rings (SSSR count). The highest BCUT2D eigenvalue weighted by Gasteiger charge is 2.72. The van der Waals surface area contributed by atoms with E-state index in [-0.39, 0.29) is 20.8 Å². The molecule has 0 radical (unpaired) electrons. The Hall–Kier alpha value is -0.560. The van der Waals surface area contributed by atoms with Crippen LogP contribution in [0.1, 0.15) is 41.5 Å². The van der Waals surface area contributed by atoms with Gasteiger partial charge in [0.05, 0.1) is 5.41 Å². The summed E-state index contributed by atoms with van der Waals surface area (Å²) in [6.07, 6.45) is -8.48. The maximum absolute atomic E-state index is 14.5. The van der Waals surface area contributed by atoms with E-state index in [0.717, 1.165) is 20.8 Å². The normalized spacial score (nSPS) is 20.9. The Morgan fingerprint density at radius 2 is 1.00 bits per heavy atom. The minimum absolute atomic E-state index is 0.0375. The molecule has 0 aromatic heterocycles. The summed E-state index contributed by atoms with van der Waals surface area (Å²) in [6.45, 7) is 3.41. The first-order valence-electron chi connectivity index (χ1n) is 6.23. The number of rotatable bonds is 4. The van der Waals surface area contributed by atoms with Crippen molar-refractivity contribution >= 4 is 0 Å². The summed E-state index contributed by atoms with van der Waals surface area (Å²) in [5.41, 5.74) is -5.27. The fourth-order valence-electron chi connectivity index (χ4n) is 2.68. The van der Waals surface area contributed by atoms with Crippen LogP contribution < -0.4 is 0 Å². The van der Waals surface area contributed by atoms with Gasteiger partial charge in [-0.25, -0.2) is 22.0 Å². The first-order valence-corrected chi connectivity index (χ1v) is 6.23. The van der Waals surface area contributed by atoms with Gasteiger partial charge in [-0.3, -0.25) is 0 Å². The minimum atomic E-state index is -5.68. The van der Waals surface area contributed by atoms with Crippen molar-refractivity contribution in [3.05, 3.63) is 0 Å². The number of hydrogen-bond donors (Lipinski definition) is 0. The Morgan fingerprint density at radius 3 is 1.14 bits per heavy atom. The minimum Gasteiger partial charge on any atom is -0.246 e. The van der Waals surface area contributed by atoms with Gasteiger partial charge in [-0.15, -0.1) is 0 Å². The number of alkyl halides is 8. The van der Waals surface area contributed by atoms with Gasteiger partial charge >= 0.3 is 6.18 Å². The van der Waals surface area contributed by atoms with Gasteiger partial charge in [-0.05, 0) is 5.41 Å². The van der Waals surface area contributed by atoms with Gasteiger partial charge in [0, 0.05) is 13.8 Å². The molecule has 0 aromatic rings. The molecule has 0 fully saturated rings. The second-order valence-electron chi connectivity index (χ2n) is 6.83. The molecule has 0 spiro atoms. The molecule has 0 aromatic carbocycles. The summed E-state index contributed by atoms with van der Waals surface area (Å²) < 4.78 is 108. The molecule has 0 aliphatic rings. The highest BCUT2D eigenvalue weighted by atomic mass is 19.4. The Labute approximate surface area is 118 Å². The molecule has 0 N–H and O–H groups in total. The van der Waals surface area contributed by atoms with E-state index < -0.39 is 40.9 Å². The van der Waals surface area contributed by atoms with Crippen molar-refractivity contribution in [2.24, 2.45) is 16.7 Å². The van der Waals surface area contributed by atoms with Crippen molar-refractivity contribution in [2.45, 2.75) is 65.7 Å². The number of hydrogen-bond acceptors (Lipinski definition) is 0. The van der Waals surface area contributed by atoms with Gasteiger partial charge in [0.1, 0.15) is 12.1 Å². The van der Waals surface area contributed by atoms with Gasteiger partial charge in [0.25, 0.3) is 11.8 Å². The third-order valence-electron chi connectivity index (χ3n) is 3.67. The van der Waals surface area contributed by atoms with Crippen molar-refractivity contribution in [1.29, 1.82) is 0 Å². The zero-order valence-corrected chi connectivity index (χ0v) is 12.7. The summed E-state index contributed by atoms with van der Waals surface area (Å²) in [4.78, 5) is 0. The molecule has 0 heterocycles. The maximum Gasteiger partial charge on any atom is 0.398 e. The molecule has 0 bridgehead atoms. The fraction of sp³-hybridized carbons (Fsp3) is 1.00. The zero-order valence-electron chi connectivity index (χ0n) is 12.7. The quantitative estimate of drug-likeness (QED) is 0.567. The molecule has 0 saturated carbocycles. The van der Waals surface area contributed by atoms with Crippen LogP contribution in [0.15, 0.2) is 0 Å². The molecule has 0 saturated heterocycles. The van der Waals surface area contributed by atoms with Crippen LogP contribution in [0.2, 0.25) is 0 Å². The van der Waals surface area contributed by atoms with Gasteiger partial charge in [0.15, 0.2) is 0 Å². The van der Waals surface area contributed by atoms with Crippen LogP contribution in [0.3, 0.4) is 0 Å². The molecular formula is C13H20F8. The lowest BCUT2D eigenvalue weighted by Gasteiger charge is -2.49. The highest BCUT2D eigenvalue weighted by Crippen LogP contribution is 2.59. The summed E-state index contributed by atoms with van der Waals surface area (Å²) in [5, 5.41) is 0. The van der Waals surface area contributed by atoms with Crippen molar-refractivity contribution in [3.8, 4) is 0 Å². The van der Waals surface area contributed by atoms with E-state index in [4.69, 9.17) is 0 Å². The van der Waals surface area contributed by atoms with Gasteiger partial charge in [-0.1, -0.05) is 27.7 Å². The second-order valence-corrected chi connectivity index (χ2v) is 6.83. The average Bonchev–Trinajstić information content (AvgIpc) is 2.07. The van der Waals surface area contributed by atoms with E-state index in [9.17, 15) is 35.1 Å². The maximum atomic E-state index is 14.5. The highest BCUT2D eigenvalue weighted by molar-refractivity contribution is 5.06. The first-order chi connectivity index (χ1) is 8.77. The first kappa shape index (κ1) is 20.4. The van der Waals surface area contributed by atoms with E-state index >= 15 is 0 Å². The molecule has 3 unspecified atom stereocenters. The SMILES string of the molecule is CC(C)(C)C(F)C(C)(C(C(C)(F)F)C(F)(F)F)C(C)(F)F. The van der Waals surface area contributed by atoms with Crippen LogP contribution in [-0.2, 0) is 0 Å². The lowest BCUT2D eigenvalue weighted by atomic mass is 9.61. The molecule has 128 valence electrons. The third kappa shape index (κ3) is 4.00.